The van der Waals surface area contributed by atoms with Crippen molar-refractivity contribution in [1.82, 2.24) is 10.6 Å². The average molecular weight is 608 g/mol. The van der Waals surface area contributed by atoms with Crippen molar-refractivity contribution in [3.63, 3.8) is 0 Å². The van der Waals surface area contributed by atoms with Crippen molar-refractivity contribution in [3.05, 3.63) is 0 Å². The summed E-state index contributed by atoms with van der Waals surface area (Å²) < 4.78 is 24.0. The SMILES string of the molecule is CC1CC(NC(=O)C2(O)CC2N)C(OC2OCC(C)(O)CC2O)C(C)C1OC1OC(CNCCCO)C(O)C(O)C1O. The van der Waals surface area contributed by atoms with Crippen LogP contribution in [0.3, 0.4) is 0 Å². The number of aliphatic hydroxyl groups is 7. The fourth-order valence-electron chi connectivity index (χ4n) is 6.25. The first kappa shape index (κ1) is 33.8. The lowest BCUT2D eigenvalue weighted by Gasteiger charge is -2.49. The van der Waals surface area contributed by atoms with Gasteiger partial charge in [0.1, 0.15) is 30.5 Å². The second kappa shape index (κ2) is 13.5. The molecule has 15 nitrogen and oxygen atoms in total. The predicted octanol–water partition coefficient (Wildman–Crippen LogP) is -3.98. The minimum atomic E-state index is -1.67. The number of rotatable bonds is 11. The van der Waals surface area contributed by atoms with E-state index in [0.29, 0.717) is 19.4 Å². The van der Waals surface area contributed by atoms with Gasteiger partial charge in [-0.25, -0.2) is 0 Å². The molecule has 2 heterocycles. The van der Waals surface area contributed by atoms with Crippen molar-refractivity contribution in [3.8, 4) is 0 Å². The molecule has 4 aliphatic rings. The molecule has 0 aromatic rings. The average Bonchev–Trinajstić information content (AvgIpc) is 3.55. The van der Waals surface area contributed by atoms with Crippen molar-refractivity contribution in [1.29, 1.82) is 0 Å². The summed E-state index contributed by atoms with van der Waals surface area (Å²) in [6.45, 7) is 5.75. The number of hydrogen-bond donors (Lipinski definition) is 10. The van der Waals surface area contributed by atoms with Crippen molar-refractivity contribution in [2.45, 2.75) is 125 Å². The van der Waals surface area contributed by atoms with Crippen LogP contribution in [-0.2, 0) is 23.7 Å². The van der Waals surface area contributed by atoms with Crippen LogP contribution in [0.4, 0.5) is 0 Å². The maximum atomic E-state index is 12.9. The van der Waals surface area contributed by atoms with Gasteiger partial charge in [0.05, 0.1) is 30.5 Å². The Bertz CT molecular complexity index is 916. The molecule has 4 fully saturated rings. The fraction of sp³-hybridized carbons (Fsp3) is 0.963. The van der Waals surface area contributed by atoms with Gasteiger partial charge in [0.2, 0.25) is 0 Å². The zero-order valence-electron chi connectivity index (χ0n) is 24.4. The third-order valence-corrected chi connectivity index (χ3v) is 8.94. The molecule has 2 saturated carbocycles. The van der Waals surface area contributed by atoms with E-state index in [-0.39, 0.29) is 38.5 Å². The first-order chi connectivity index (χ1) is 19.7. The molecule has 1 amide bonds. The molecule has 15 atom stereocenters. The maximum absolute atomic E-state index is 12.9. The number of aliphatic hydroxyl groups excluding tert-OH is 5. The Morgan fingerprint density at radius 2 is 1.69 bits per heavy atom. The highest BCUT2D eigenvalue weighted by Crippen LogP contribution is 2.40. The third kappa shape index (κ3) is 7.42. The summed E-state index contributed by atoms with van der Waals surface area (Å²) in [5.41, 5.74) is 2.87. The second-order valence-electron chi connectivity index (χ2n) is 12.8. The molecule has 0 aromatic carbocycles. The van der Waals surface area contributed by atoms with Gasteiger partial charge in [-0.2, -0.15) is 0 Å². The lowest BCUT2D eigenvalue weighted by Crippen LogP contribution is -2.64. The van der Waals surface area contributed by atoms with Gasteiger partial charge >= 0.3 is 0 Å². The van der Waals surface area contributed by atoms with Crippen LogP contribution in [0, 0.1) is 11.8 Å². The van der Waals surface area contributed by atoms with Gasteiger partial charge in [-0.1, -0.05) is 13.8 Å². The van der Waals surface area contributed by atoms with Crippen molar-refractivity contribution < 1.29 is 59.5 Å². The smallest absolute Gasteiger partial charge is 0.253 e. The van der Waals surface area contributed by atoms with Gasteiger partial charge in [0, 0.05) is 38.0 Å². The normalized spacial score (nSPS) is 49.5. The summed E-state index contributed by atoms with van der Waals surface area (Å²) in [6, 6.07) is -1.31. The number of hydrogen-bond acceptors (Lipinski definition) is 14. The topological polar surface area (TPSA) is 246 Å². The summed E-state index contributed by atoms with van der Waals surface area (Å²) in [6.07, 6.45) is -9.42. The molecule has 15 heteroatoms. The molecule has 0 aromatic heterocycles. The van der Waals surface area contributed by atoms with Crippen LogP contribution in [0.2, 0.25) is 0 Å². The highest BCUT2D eigenvalue weighted by molar-refractivity contribution is 5.89. The first-order valence-electron chi connectivity index (χ1n) is 14.8. The van der Waals surface area contributed by atoms with Gasteiger partial charge in [0.15, 0.2) is 18.2 Å². The zero-order chi connectivity index (χ0) is 31.0. The van der Waals surface area contributed by atoms with E-state index in [0.717, 1.165) is 0 Å². The minimum absolute atomic E-state index is 0.00930. The van der Waals surface area contributed by atoms with Crippen molar-refractivity contribution >= 4 is 5.91 Å². The van der Waals surface area contributed by atoms with Crippen LogP contribution in [-0.4, -0.2) is 147 Å². The summed E-state index contributed by atoms with van der Waals surface area (Å²) in [7, 11) is 0. The monoisotopic (exact) mass is 607 g/mol. The van der Waals surface area contributed by atoms with E-state index < -0.39 is 90.4 Å². The van der Waals surface area contributed by atoms with Crippen molar-refractivity contribution in [2.75, 3.05) is 26.3 Å². The Morgan fingerprint density at radius 3 is 2.31 bits per heavy atom. The van der Waals surface area contributed by atoms with Gasteiger partial charge in [0.25, 0.3) is 5.91 Å². The molecule has 0 spiro atoms. The molecular weight excluding hydrogens is 558 g/mol. The highest BCUT2D eigenvalue weighted by Gasteiger charge is 2.58. The van der Waals surface area contributed by atoms with E-state index in [1.807, 2.05) is 13.8 Å². The summed E-state index contributed by atoms with van der Waals surface area (Å²) >= 11 is 0. The standard InChI is InChI=1S/C27H49N3O12/c1-12-7-14(30-25(36)27(38)9-17(27)28)22(42-23-15(32)8-26(3,37)11-39-23)13(2)21(12)41-24-20(35)19(34)18(33)16(40-24)10-29-5-4-6-31/h12-24,29,31-35,37-38H,4-11,28H2,1-3H3,(H,30,36). The first-order valence-corrected chi connectivity index (χ1v) is 14.8. The summed E-state index contributed by atoms with van der Waals surface area (Å²) in [4.78, 5) is 12.9. The van der Waals surface area contributed by atoms with Gasteiger partial charge in [-0.05, 0) is 32.2 Å². The van der Waals surface area contributed by atoms with E-state index in [1.165, 1.54) is 0 Å². The van der Waals surface area contributed by atoms with Gasteiger partial charge in [-0.3, -0.25) is 4.79 Å². The number of nitrogens with two attached hydrogens (primary N) is 1. The Morgan fingerprint density at radius 1 is 1.02 bits per heavy atom. The molecule has 15 unspecified atom stereocenters. The number of nitrogens with one attached hydrogen (secondary N) is 2. The Labute approximate surface area is 245 Å². The highest BCUT2D eigenvalue weighted by atomic mass is 16.7. The van der Waals surface area contributed by atoms with Crippen LogP contribution in [0.25, 0.3) is 0 Å². The number of carbonyl (C=O) groups is 1. The lowest BCUT2D eigenvalue weighted by atomic mass is 9.75. The van der Waals surface area contributed by atoms with Crippen LogP contribution in [0.5, 0.6) is 0 Å². The lowest BCUT2D eigenvalue weighted by molar-refractivity contribution is -0.327. The molecule has 244 valence electrons. The predicted molar refractivity (Wildman–Crippen MR) is 144 cm³/mol. The Kier molecular flexibility index (Phi) is 10.9. The van der Waals surface area contributed by atoms with Crippen LogP contribution >= 0.6 is 0 Å². The van der Waals surface area contributed by atoms with Crippen molar-refractivity contribution in [2.24, 2.45) is 17.6 Å². The third-order valence-electron chi connectivity index (χ3n) is 8.94. The number of amides is 1. The van der Waals surface area contributed by atoms with E-state index in [9.17, 15) is 35.4 Å². The molecule has 11 N–H and O–H groups in total. The van der Waals surface area contributed by atoms with Crippen LogP contribution < -0.4 is 16.4 Å². The fourth-order valence-corrected chi connectivity index (χ4v) is 6.25. The molecule has 2 aliphatic heterocycles. The van der Waals surface area contributed by atoms with E-state index in [1.54, 1.807) is 6.92 Å². The second-order valence-corrected chi connectivity index (χ2v) is 12.8. The zero-order valence-corrected chi connectivity index (χ0v) is 24.4. The number of ether oxygens (including phenoxy) is 4. The Hall–Kier alpha value is -1.05. The largest absolute Gasteiger partial charge is 0.396 e. The van der Waals surface area contributed by atoms with Gasteiger partial charge < -0.3 is 71.1 Å². The van der Waals surface area contributed by atoms with E-state index in [2.05, 4.69) is 10.6 Å². The molecule has 4 rings (SSSR count). The molecule has 2 aliphatic carbocycles. The number of carbonyl (C=O) groups excluding carboxylic acids is 1. The summed E-state index contributed by atoms with van der Waals surface area (Å²) in [5, 5.41) is 78.0. The van der Waals surface area contributed by atoms with E-state index in [4.69, 9.17) is 29.8 Å². The Balaban J connectivity index is 1.49. The molecule has 42 heavy (non-hydrogen) atoms. The molecule has 0 bridgehead atoms. The quantitative estimate of drug-likeness (QED) is 0.101. The molecular formula is C27H49N3O12. The van der Waals surface area contributed by atoms with E-state index >= 15 is 0 Å². The molecule has 0 radical (unpaired) electrons. The van der Waals surface area contributed by atoms with Gasteiger partial charge in [-0.15, -0.1) is 0 Å². The van der Waals surface area contributed by atoms with Crippen LogP contribution in [0.1, 0.15) is 46.5 Å². The molecule has 2 saturated heterocycles. The maximum Gasteiger partial charge on any atom is 0.253 e. The van der Waals surface area contributed by atoms with Crippen LogP contribution in [0.15, 0.2) is 0 Å². The minimum Gasteiger partial charge on any atom is -0.396 e. The summed E-state index contributed by atoms with van der Waals surface area (Å²) in [5.74, 6) is -1.37.